The summed E-state index contributed by atoms with van der Waals surface area (Å²) in [5, 5.41) is 4.11. The van der Waals surface area contributed by atoms with Crippen LogP contribution >= 0.6 is 0 Å². The summed E-state index contributed by atoms with van der Waals surface area (Å²) in [6.07, 6.45) is 3.39. The first kappa shape index (κ1) is 17.4. The van der Waals surface area contributed by atoms with Crippen molar-refractivity contribution in [3.05, 3.63) is 41.1 Å². The maximum Gasteiger partial charge on any atom is 0.253 e. The van der Waals surface area contributed by atoms with E-state index < -0.39 is 0 Å². The Hall–Kier alpha value is -1.98. The number of amides is 1. The average Bonchev–Trinajstić information content (AvgIpc) is 3.45. The molecular formula is C21H26N2O3. The zero-order valence-electron chi connectivity index (χ0n) is 15.5. The summed E-state index contributed by atoms with van der Waals surface area (Å²) in [4.78, 5) is 17.5. The minimum Gasteiger partial charge on any atom is -0.379 e. The molecule has 1 N–H and O–H groups in total. The van der Waals surface area contributed by atoms with Gasteiger partial charge in [0.2, 0.25) is 0 Å². The number of hydrogen-bond donors (Lipinski definition) is 1. The van der Waals surface area contributed by atoms with Crippen molar-refractivity contribution in [2.24, 2.45) is 5.92 Å². The van der Waals surface area contributed by atoms with Crippen molar-refractivity contribution in [3.8, 4) is 0 Å². The van der Waals surface area contributed by atoms with Crippen LogP contribution in [0, 0.1) is 19.8 Å². The van der Waals surface area contributed by atoms with Gasteiger partial charge >= 0.3 is 0 Å². The topological polar surface area (TPSA) is 60.5 Å². The van der Waals surface area contributed by atoms with Gasteiger partial charge in [-0.05, 0) is 57.2 Å². The summed E-state index contributed by atoms with van der Waals surface area (Å²) in [5.41, 5.74) is 3.43. The van der Waals surface area contributed by atoms with Crippen LogP contribution in [0.4, 0.5) is 0 Å². The molecule has 1 saturated heterocycles. The molecule has 4 rings (SSSR count). The van der Waals surface area contributed by atoms with Crippen LogP contribution in [-0.4, -0.2) is 42.9 Å². The quantitative estimate of drug-likeness (QED) is 0.896. The van der Waals surface area contributed by atoms with E-state index in [0.717, 1.165) is 35.2 Å². The molecule has 1 amide bonds. The highest BCUT2D eigenvalue weighted by Crippen LogP contribution is 2.30. The van der Waals surface area contributed by atoms with Crippen molar-refractivity contribution >= 4 is 16.8 Å². The van der Waals surface area contributed by atoms with Crippen LogP contribution < -0.4 is 5.32 Å². The predicted molar refractivity (Wildman–Crippen MR) is 100 cm³/mol. The second-order valence-corrected chi connectivity index (χ2v) is 7.58. The van der Waals surface area contributed by atoms with Gasteiger partial charge in [-0.25, -0.2) is 0 Å². The maximum atomic E-state index is 12.9. The molecule has 2 atom stereocenters. The highest BCUT2D eigenvalue weighted by Gasteiger charge is 2.31. The van der Waals surface area contributed by atoms with E-state index in [1.165, 1.54) is 12.8 Å². The molecule has 0 bridgehead atoms. The molecule has 1 aromatic carbocycles. The largest absolute Gasteiger partial charge is 0.379 e. The maximum absolute atomic E-state index is 12.9. The first-order chi connectivity index (χ1) is 12.6. The fraction of sp³-hybridized carbons (Fsp3) is 0.524. The second kappa shape index (κ2) is 7.33. The second-order valence-electron chi connectivity index (χ2n) is 7.58. The summed E-state index contributed by atoms with van der Waals surface area (Å²) in [6.45, 7) is 5.91. The number of carbonyl (C=O) groups is 1. The van der Waals surface area contributed by atoms with Crippen molar-refractivity contribution in [1.82, 2.24) is 10.3 Å². The number of carbonyl (C=O) groups excluding carboxylic acids is 1. The standard InChI is InChI=1S/C21H26N2O3/c1-13-3-6-18-16(9-13)10-17(14(2)22-18)21(24)23-19-12-25-8-7-20(19)26-11-15-4-5-15/h3,6,9-10,15,19-20H,4-5,7-8,11-12H2,1-2H3,(H,23,24)/t19-,20+/m1/s1. The van der Waals surface area contributed by atoms with Crippen molar-refractivity contribution in [2.45, 2.75) is 45.3 Å². The average molecular weight is 354 g/mol. The zero-order chi connectivity index (χ0) is 18.1. The molecule has 5 nitrogen and oxygen atoms in total. The Morgan fingerprint density at radius 3 is 2.92 bits per heavy atom. The molecule has 138 valence electrons. The summed E-state index contributed by atoms with van der Waals surface area (Å²) in [5.74, 6) is 0.610. The first-order valence-electron chi connectivity index (χ1n) is 9.48. The highest BCUT2D eigenvalue weighted by atomic mass is 16.5. The minimum atomic E-state index is -0.109. The molecule has 5 heteroatoms. The first-order valence-corrected chi connectivity index (χ1v) is 9.48. The third kappa shape index (κ3) is 3.89. The van der Waals surface area contributed by atoms with Crippen molar-refractivity contribution in [1.29, 1.82) is 0 Å². The van der Waals surface area contributed by atoms with Gasteiger partial charge < -0.3 is 14.8 Å². The van der Waals surface area contributed by atoms with Gasteiger partial charge in [0.25, 0.3) is 5.91 Å². The van der Waals surface area contributed by atoms with Gasteiger partial charge in [0.15, 0.2) is 0 Å². The molecule has 0 radical (unpaired) electrons. The molecule has 2 aromatic rings. The van der Waals surface area contributed by atoms with Crippen LogP contribution in [0.15, 0.2) is 24.3 Å². The molecule has 1 aliphatic carbocycles. The van der Waals surface area contributed by atoms with Gasteiger partial charge in [-0.3, -0.25) is 9.78 Å². The van der Waals surface area contributed by atoms with E-state index in [1.54, 1.807) is 0 Å². The zero-order valence-corrected chi connectivity index (χ0v) is 15.5. The Kier molecular flexibility index (Phi) is 4.92. The molecule has 0 unspecified atom stereocenters. The van der Waals surface area contributed by atoms with Gasteiger partial charge in [0, 0.05) is 18.6 Å². The van der Waals surface area contributed by atoms with E-state index in [4.69, 9.17) is 9.47 Å². The van der Waals surface area contributed by atoms with Crippen LogP contribution in [0.3, 0.4) is 0 Å². The number of ether oxygens (including phenoxy) is 2. The summed E-state index contributed by atoms with van der Waals surface area (Å²) in [7, 11) is 0. The molecule has 0 spiro atoms. The van der Waals surface area contributed by atoms with Crippen molar-refractivity contribution in [2.75, 3.05) is 19.8 Å². The van der Waals surface area contributed by atoms with Crippen LogP contribution in [0.25, 0.3) is 10.9 Å². The van der Waals surface area contributed by atoms with Crippen molar-refractivity contribution < 1.29 is 14.3 Å². The fourth-order valence-corrected chi connectivity index (χ4v) is 3.46. The lowest BCUT2D eigenvalue weighted by atomic mass is 10.0. The molecule has 26 heavy (non-hydrogen) atoms. The fourth-order valence-electron chi connectivity index (χ4n) is 3.46. The third-order valence-corrected chi connectivity index (χ3v) is 5.26. The van der Waals surface area contributed by atoms with Gasteiger partial charge in [-0.15, -0.1) is 0 Å². The minimum absolute atomic E-state index is 0.0317. The van der Waals surface area contributed by atoms with Crippen LogP contribution in [0.5, 0.6) is 0 Å². The van der Waals surface area contributed by atoms with Crippen LogP contribution in [0.2, 0.25) is 0 Å². The Morgan fingerprint density at radius 1 is 1.27 bits per heavy atom. The van der Waals surface area contributed by atoms with E-state index in [2.05, 4.69) is 16.4 Å². The van der Waals surface area contributed by atoms with Crippen LogP contribution in [0.1, 0.15) is 40.9 Å². The van der Waals surface area contributed by atoms with Gasteiger partial charge in [-0.1, -0.05) is 11.6 Å². The predicted octanol–water partition coefficient (Wildman–Crippen LogP) is 3.17. The molecule has 2 heterocycles. The molecule has 2 aliphatic rings. The summed E-state index contributed by atoms with van der Waals surface area (Å²) in [6, 6.07) is 7.92. The number of pyridine rings is 1. The Bertz CT molecular complexity index is 816. The van der Waals surface area contributed by atoms with Crippen molar-refractivity contribution in [3.63, 3.8) is 0 Å². The molecule has 1 aliphatic heterocycles. The van der Waals surface area contributed by atoms with Gasteiger partial charge in [-0.2, -0.15) is 0 Å². The lowest BCUT2D eigenvalue weighted by molar-refractivity contribution is -0.0567. The SMILES string of the molecule is Cc1ccc2nc(C)c(C(=O)N[C@@H]3COCC[C@@H]3OCC3CC3)cc2c1. The lowest BCUT2D eigenvalue weighted by Gasteiger charge is -2.32. The highest BCUT2D eigenvalue weighted by molar-refractivity contribution is 5.98. The molecular weight excluding hydrogens is 328 g/mol. The van der Waals surface area contributed by atoms with Gasteiger partial charge in [0.05, 0.1) is 35.5 Å². The third-order valence-electron chi connectivity index (χ3n) is 5.26. The van der Waals surface area contributed by atoms with E-state index >= 15 is 0 Å². The molecule has 1 saturated carbocycles. The van der Waals surface area contributed by atoms with E-state index in [1.807, 2.05) is 32.0 Å². The number of aryl methyl sites for hydroxylation is 2. The molecule has 1 aromatic heterocycles. The number of rotatable bonds is 5. The molecule has 2 fully saturated rings. The Morgan fingerprint density at radius 2 is 2.12 bits per heavy atom. The Labute approximate surface area is 154 Å². The smallest absolute Gasteiger partial charge is 0.253 e. The number of nitrogens with zero attached hydrogens (tertiary/aromatic N) is 1. The lowest BCUT2D eigenvalue weighted by Crippen LogP contribution is -2.50. The van der Waals surface area contributed by atoms with E-state index in [9.17, 15) is 4.79 Å². The number of fused-ring (bicyclic) bond motifs is 1. The number of hydrogen-bond acceptors (Lipinski definition) is 4. The number of nitrogens with one attached hydrogen (secondary N) is 1. The van der Waals surface area contributed by atoms with E-state index in [-0.39, 0.29) is 18.1 Å². The normalized spacial score (nSPS) is 23.2. The number of aromatic nitrogens is 1. The Balaban J connectivity index is 1.50. The van der Waals surface area contributed by atoms with Crippen LogP contribution in [-0.2, 0) is 9.47 Å². The summed E-state index contributed by atoms with van der Waals surface area (Å²) >= 11 is 0. The monoisotopic (exact) mass is 354 g/mol. The number of benzene rings is 1. The summed E-state index contributed by atoms with van der Waals surface area (Å²) < 4.78 is 11.6. The van der Waals surface area contributed by atoms with E-state index in [0.29, 0.717) is 24.7 Å². The van der Waals surface area contributed by atoms with Gasteiger partial charge in [0.1, 0.15) is 0 Å².